The maximum absolute atomic E-state index is 12.6. The first-order chi connectivity index (χ1) is 5.25. The lowest BCUT2D eigenvalue weighted by atomic mass is 9.96. The normalized spacial score (nSPS) is 28.8. The van der Waals surface area contributed by atoms with Gasteiger partial charge in [-0.3, -0.25) is 4.79 Å². The highest BCUT2D eigenvalue weighted by Crippen LogP contribution is 2.30. The zero-order valence-electron chi connectivity index (χ0n) is 5.93. The Bertz CT molecular complexity index is 267. The van der Waals surface area contributed by atoms with Gasteiger partial charge in [0.15, 0.2) is 0 Å². The second-order valence-corrected chi connectivity index (χ2v) is 2.89. The molecule has 0 aromatic carbocycles. The smallest absolute Gasteiger partial charge is 0.224 e. The van der Waals surface area contributed by atoms with Crippen LogP contribution < -0.4 is 5.32 Å². The number of carbonyl (C=O) groups excluding carboxylic acids is 1. The highest BCUT2D eigenvalue weighted by Gasteiger charge is 2.29. The van der Waals surface area contributed by atoms with Crippen LogP contribution in [-0.2, 0) is 4.79 Å². The summed E-state index contributed by atoms with van der Waals surface area (Å²) in [6.45, 7) is 0. The predicted molar refractivity (Wildman–Crippen MR) is 38.1 cm³/mol. The first-order valence-electron chi connectivity index (χ1n) is 3.62. The molecule has 3 heteroatoms. The van der Waals surface area contributed by atoms with E-state index in [1.807, 2.05) is 0 Å². The predicted octanol–water partition coefficient (Wildman–Crippen LogP) is 1.26. The number of allylic oxidation sites excluding steroid dienone is 4. The molecule has 1 aliphatic heterocycles. The fourth-order valence-electron chi connectivity index (χ4n) is 1.49. The molecule has 0 spiro atoms. The van der Waals surface area contributed by atoms with Gasteiger partial charge in [-0.1, -0.05) is 0 Å². The SMILES string of the molecule is O=C1CC2CC(F)=CC=C2N1. The van der Waals surface area contributed by atoms with Crippen molar-refractivity contribution in [3.05, 3.63) is 23.7 Å². The Morgan fingerprint density at radius 1 is 1.45 bits per heavy atom. The van der Waals surface area contributed by atoms with Crippen LogP contribution in [0.15, 0.2) is 23.7 Å². The molecular weight excluding hydrogens is 145 g/mol. The quantitative estimate of drug-likeness (QED) is 0.557. The molecule has 1 N–H and O–H groups in total. The summed E-state index contributed by atoms with van der Waals surface area (Å²) < 4.78 is 12.6. The van der Waals surface area contributed by atoms with Gasteiger partial charge in [0.05, 0.1) is 0 Å². The summed E-state index contributed by atoms with van der Waals surface area (Å²) in [5, 5.41) is 2.69. The number of rotatable bonds is 0. The third-order valence-electron chi connectivity index (χ3n) is 2.04. The van der Waals surface area contributed by atoms with Crippen LogP contribution in [0.2, 0.25) is 0 Å². The maximum Gasteiger partial charge on any atom is 0.224 e. The molecule has 2 nitrogen and oxygen atoms in total. The van der Waals surface area contributed by atoms with Crippen LogP contribution in [-0.4, -0.2) is 5.91 Å². The third kappa shape index (κ3) is 1.06. The van der Waals surface area contributed by atoms with Gasteiger partial charge >= 0.3 is 0 Å². The van der Waals surface area contributed by atoms with E-state index in [0.717, 1.165) is 5.70 Å². The van der Waals surface area contributed by atoms with Crippen LogP contribution in [0, 0.1) is 5.92 Å². The van der Waals surface area contributed by atoms with E-state index >= 15 is 0 Å². The van der Waals surface area contributed by atoms with Gasteiger partial charge in [-0.25, -0.2) is 4.39 Å². The summed E-state index contributed by atoms with van der Waals surface area (Å²) in [7, 11) is 0. The molecule has 0 radical (unpaired) electrons. The van der Waals surface area contributed by atoms with Crippen molar-refractivity contribution >= 4 is 5.91 Å². The van der Waals surface area contributed by atoms with Crippen molar-refractivity contribution in [2.75, 3.05) is 0 Å². The van der Waals surface area contributed by atoms with Crippen LogP contribution >= 0.6 is 0 Å². The van der Waals surface area contributed by atoms with Gasteiger partial charge in [0.2, 0.25) is 5.91 Å². The van der Waals surface area contributed by atoms with Gasteiger partial charge in [-0.05, 0) is 12.2 Å². The molecule has 0 aromatic heterocycles. The van der Waals surface area contributed by atoms with Crippen LogP contribution in [0.4, 0.5) is 4.39 Å². The van der Waals surface area contributed by atoms with Crippen molar-refractivity contribution < 1.29 is 9.18 Å². The molecule has 1 fully saturated rings. The molecule has 2 aliphatic rings. The van der Waals surface area contributed by atoms with Crippen molar-refractivity contribution in [3.63, 3.8) is 0 Å². The lowest BCUT2D eigenvalue weighted by Gasteiger charge is -2.11. The van der Waals surface area contributed by atoms with E-state index < -0.39 is 0 Å². The Labute approximate surface area is 63.8 Å². The van der Waals surface area contributed by atoms with Gasteiger partial charge in [0.1, 0.15) is 5.83 Å². The molecule has 1 atom stereocenters. The fourth-order valence-corrected chi connectivity index (χ4v) is 1.49. The van der Waals surface area contributed by atoms with E-state index in [1.165, 1.54) is 6.08 Å². The Kier molecular flexibility index (Phi) is 1.31. The molecule has 1 saturated heterocycles. The molecule has 0 bridgehead atoms. The Morgan fingerprint density at radius 2 is 2.27 bits per heavy atom. The van der Waals surface area contributed by atoms with Gasteiger partial charge in [0, 0.05) is 24.5 Å². The monoisotopic (exact) mass is 153 g/mol. The van der Waals surface area contributed by atoms with Crippen LogP contribution in [0.5, 0.6) is 0 Å². The molecule has 1 unspecified atom stereocenters. The molecule has 0 aromatic rings. The number of amides is 1. The summed E-state index contributed by atoms with van der Waals surface area (Å²) in [5.74, 6) is -0.0490. The molecule has 1 amide bonds. The van der Waals surface area contributed by atoms with E-state index in [1.54, 1.807) is 6.08 Å². The average Bonchev–Trinajstić information content (AvgIpc) is 2.27. The lowest BCUT2D eigenvalue weighted by Crippen LogP contribution is -2.13. The maximum atomic E-state index is 12.6. The topological polar surface area (TPSA) is 29.1 Å². The molecular formula is C8H8FNO. The largest absolute Gasteiger partial charge is 0.329 e. The van der Waals surface area contributed by atoms with Gasteiger partial charge in [0.25, 0.3) is 0 Å². The van der Waals surface area contributed by atoms with Crippen molar-refractivity contribution in [1.82, 2.24) is 5.32 Å². The summed E-state index contributed by atoms with van der Waals surface area (Å²) in [5.41, 5.74) is 0.872. The lowest BCUT2D eigenvalue weighted by molar-refractivity contribution is -0.119. The fraction of sp³-hybridized carbons (Fsp3) is 0.375. The number of hydrogen-bond acceptors (Lipinski definition) is 1. The highest BCUT2D eigenvalue weighted by molar-refractivity contribution is 5.82. The summed E-state index contributed by atoms with van der Waals surface area (Å²) in [6, 6.07) is 0. The Hall–Kier alpha value is -1.12. The summed E-state index contributed by atoms with van der Waals surface area (Å²) in [6.07, 6.45) is 3.88. The number of fused-ring (bicyclic) bond motifs is 1. The van der Waals surface area contributed by atoms with Gasteiger partial charge in [-0.2, -0.15) is 0 Å². The molecule has 0 saturated carbocycles. The molecule has 2 rings (SSSR count). The van der Waals surface area contributed by atoms with Crippen molar-refractivity contribution in [3.8, 4) is 0 Å². The van der Waals surface area contributed by atoms with E-state index in [0.29, 0.717) is 12.8 Å². The zero-order valence-corrected chi connectivity index (χ0v) is 5.93. The van der Waals surface area contributed by atoms with Crippen molar-refractivity contribution in [1.29, 1.82) is 0 Å². The molecule has 11 heavy (non-hydrogen) atoms. The van der Waals surface area contributed by atoms with Gasteiger partial charge < -0.3 is 5.32 Å². The van der Waals surface area contributed by atoms with Crippen LogP contribution in [0.1, 0.15) is 12.8 Å². The van der Waals surface area contributed by atoms with Gasteiger partial charge in [-0.15, -0.1) is 0 Å². The number of hydrogen-bond donors (Lipinski definition) is 1. The molecule has 1 aliphatic carbocycles. The number of nitrogens with one attached hydrogen (secondary N) is 1. The highest BCUT2D eigenvalue weighted by atomic mass is 19.1. The first-order valence-corrected chi connectivity index (χ1v) is 3.62. The van der Waals surface area contributed by atoms with Crippen LogP contribution in [0.25, 0.3) is 0 Å². The van der Waals surface area contributed by atoms with E-state index in [4.69, 9.17) is 0 Å². The molecule has 58 valence electrons. The van der Waals surface area contributed by atoms with E-state index in [-0.39, 0.29) is 17.7 Å². The second-order valence-electron chi connectivity index (χ2n) is 2.89. The minimum atomic E-state index is -0.129. The average molecular weight is 153 g/mol. The summed E-state index contributed by atoms with van der Waals surface area (Å²) >= 11 is 0. The minimum Gasteiger partial charge on any atom is -0.329 e. The van der Waals surface area contributed by atoms with E-state index in [9.17, 15) is 9.18 Å². The Morgan fingerprint density at radius 3 is 3.09 bits per heavy atom. The summed E-state index contributed by atoms with van der Waals surface area (Å²) in [4.78, 5) is 10.8. The number of carbonyl (C=O) groups is 1. The number of halogens is 1. The third-order valence-corrected chi connectivity index (χ3v) is 2.04. The second kappa shape index (κ2) is 2.19. The van der Waals surface area contributed by atoms with Crippen LogP contribution in [0.3, 0.4) is 0 Å². The minimum absolute atomic E-state index is 0.00403. The molecule has 1 heterocycles. The van der Waals surface area contributed by atoms with E-state index in [2.05, 4.69) is 5.32 Å². The van der Waals surface area contributed by atoms with Crippen molar-refractivity contribution in [2.45, 2.75) is 12.8 Å². The zero-order chi connectivity index (χ0) is 7.84. The first kappa shape index (κ1) is 6.58. The standard InChI is InChI=1S/C8H8FNO/c9-6-1-2-7-5(3-6)4-8(11)10-7/h1-2,5H,3-4H2,(H,10,11). The Balaban J connectivity index is 2.25. The van der Waals surface area contributed by atoms with Crippen molar-refractivity contribution in [2.24, 2.45) is 5.92 Å².